The molecule has 0 fully saturated rings. The van der Waals surface area contributed by atoms with Crippen LogP contribution in [0.3, 0.4) is 0 Å². The highest BCUT2D eigenvalue weighted by molar-refractivity contribution is 8.77. The normalized spacial score (nSPS) is 11.8. The Bertz CT molecular complexity index is 894. The molecule has 0 bridgehead atoms. The Balaban J connectivity index is 1.41. The fourth-order valence-electron chi connectivity index (χ4n) is 3.12. The largest absolute Gasteiger partial charge is 0.497 e. The van der Waals surface area contributed by atoms with E-state index in [1.165, 1.54) is 0 Å². The Morgan fingerprint density at radius 2 is 1.03 bits per heavy atom. The molecule has 0 aliphatic heterocycles. The Kier molecular flexibility index (Phi) is 16.8. The van der Waals surface area contributed by atoms with Crippen molar-refractivity contribution in [3.05, 3.63) is 48.5 Å². The number of hydrogen-bond donors (Lipinski definition) is 0. The standard InChI is InChI=1S/C29H44O6S4/c1-28(2,15-19-36-39-22-18-33-26-11-7-24(30-5)8-12-26)34-23-32-17-21-38-37-20-16-29(3,4)35-27-13-9-25(31-6)10-14-27/h7-14H,15-23H2,1-6H3. The maximum Gasteiger partial charge on any atom is 0.147 e. The van der Waals surface area contributed by atoms with Gasteiger partial charge in [-0.05, 0) is 89.1 Å². The van der Waals surface area contributed by atoms with Crippen molar-refractivity contribution in [2.45, 2.75) is 51.7 Å². The molecule has 6 nitrogen and oxygen atoms in total. The Labute approximate surface area is 251 Å². The van der Waals surface area contributed by atoms with Gasteiger partial charge in [-0.3, -0.25) is 0 Å². The highest BCUT2D eigenvalue weighted by Gasteiger charge is 2.20. The molecule has 0 aliphatic carbocycles. The van der Waals surface area contributed by atoms with Crippen molar-refractivity contribution >= 4 is 43.2 Å². The number of methoxy groups -OCH3 is 2. The van der Waals surface area contributed by atoms with Gasteiger partial charge in [-0.15, -0.1) is 0 Å². The van der Waals surface area contributed by atoms with E-state index >= 15 is 0 Å². The highest BCUT2D eigenvalue weighted by atomic mass is 33.1. The van der Waals surface area contributed by atoms with Crippen LogP contribution in [0.25, 0.3) is 0 Å². The van der Waals surface area contributed by atoms with E-state index in [1.54, 1.807) is 14.2 Å². The third-order valence-electron chi connectivity index (χ3n) is 5.53. The first kappa shape index (κ1) is 34.2. The Morgan fingerprint density at radius 3 is 1.59 bits per heavy atom. The quantitative estimate of drug-likeness (QED) is 0.0734. The van der Waals surface area contributed by atoms with E-state index in [0.717, 1.165) is 58.9 Å². The summed E-state index contributed by atoms with van der Waals surface area (Å²) in [6.07, 6.45) is 1.92. The van der Waals surface area contributed by atoms with Crippen LogP contribution in [0.4, 0.5) is 0 Å². The molecule has 220 valence electrons. The molecular weight excluding hydrogens is 573 g/mol. The molecule has 0 aliphatic rings. The fourth-order valence-corrected chi connectivity index (χ4v) is 7.40. The van der Waals surface area contributed by atoms with Crippen molar-refractivity contribution in [3.8, 4) is 23.0 Å². The lowest BCUT2D eigenvalue weighted by molar-refractivity contribution is -0.125. The predicted octanol–water partition coefficient (Wildman–Crippen LogP) is 8.25. The van der Waals surface area contributed by atoms with Gasteiger partial charge in [0.15, 0.2) is 0 Å². The topological polar surface area (TPSA) is 55.4 Å². The lowest BCUT2D eigenvalue weighted by Gasteiger charge is -2.26. The van der Waals surface area contributed by atoms with E-state index in [4.69, 9.17) is 28.4 Å². The average molecular weight is 617 g/mol. The van der Waals surface area contributed by atoms with Gasteiger partial charge in [-0.2, -0.15) is 0 Å². The third-order valence-corrected chi connectivity index (χ3v) is 10.3. The Morgan fingerprint density at radius 1 is 0.564 bits per heavy atom. The first-order valence-electron chi connectivity index (χ1n) is 13.0. The summed E-state index contributed by atoms with van der Waals surface area (Å²) in [4.78, 5) is 0. The first-order chi connectivity index (χ1) is 18.7. The molecule has 39 heavy (non-hydrogen) atoms. The van der Waals surface area contributed by atoms with Gasteiger partial charge in [0, 0.05) is 23.0 Å². The molecule has 0 radical (unpaired) electrons. The van der Waals surface area contributed by atoms with Crippen LogP contribution < -0.4 is 18.9 Å². The molecule has 0 aromatic heterocycles. The molecule has 0 saturated carbocycles. The predicted molar refractivity (Wildman–Crippen MR) is 171 cm³/mol. The second kappa shape index (κ2) is 19.1. The minimum atomic E-state index is -0.222. The fraction of sp³-hybridized carbons (Fsp3) is 0.586. The van der Waals surface area contributed by atoms with Gasteiger partial charge in [0.1, 0.15) is 35.4 Å². The smallest absolute Gasteiger partial charge is 0.147 e. The van der Waals surface area contributed by atoms with Gasteiger partial charge in [0.25, 0.3) is 0 Å². The van der Waals surface area contributed by atoms with E-state index in [9.17, 15) is 0 Å². The van der Waals surface area contributed by atoms with E-state index in [0.29, 0.717) is 20.0 Å². The second-order valence-corrected chi connectivity index (χ2v) is 15.2. The number of rotatable bonds is 22. The van der Waals surface area contributed by atoms with Crippen LogP contribution in [0.5, 0.6) is 23.0 Å². The van der Waals surface area contributed by atoms with Crippen molar-refractivity contribution in [3.63, 3.8) is 0 Å². The minimum Gasteiger partial charge on any atom is -0.497 e. The van der Waals surface area contributed by atoms with Gasteiger partial charge in [-0.1, -0.05) is 43.2 Å². The monoisotopic (exact) mass is 616 g/mol. The summed E-state index contributed by atoms with van der Waals surface area (Å²) < 4.78 is 33.9. The van der Waals surface area contributed by atoms with Gasteiger partial charge in [0.2, 0.25) is 0 Å². The molecule has 0 saturated heterocycles. The van der Waals surface area contributed by atoms with Crippen LogP contribution in [0.15, 0.2) is 48.5 Å². The zero-order valence-corrected chi connectivity index (χ0v) is 27.3. The van der Waals surface area contributed by atoms with Crippen LogP contribution in [0.1, 0.15) is 40.5 Å². The summed E-state index contributed by atoms with van der Waals surface area (Å²) in [5.74, 6) is 7.30. The molecule has 0 spiro atoms. The van der Waals surface area contributed by atoms with E-state index in [-0.39, 0.29) is 11.2 Å². The van der Waals surface area contributed by atoms with Crippen molar-refractivity contribution < 1.29 is 28.4 Å². The number of ether oxygens (including phenoxy) is 6. The van der Waals surface area contributed by atoms with Crippen LogP contribution in [0.2, 0.25) is 0 Å². The van der Waals surface area contributed by atoms with Crippen LogP contribution in [-0.2, 0) is 9.47 Å². The zero-order valence-electron chi connectivity index (χ0n) is 24.1. The van der Waals surface area contributed by atoms with Crippen molar-refractivity contribution in [1.29, 1.82) is 0 Å². The van der Waals surface area contributed by atoms with E-state index in [1.807, 2.05) is 91.7 Å². The van der Waals surface area contributed by atoms with Crippen LogP contribution in [-0.4, -0.2) is 68.4 Å². The molecular formula is C29H44O6S4. The molecule has 0 atom stereocenters. The van der Waals surface area contributed by atoms with Crippen LogP contribution in [0, 0.1) is 0 Å². The van der Waals surface area contributed by atoms with E-state index in [2.05, 4.69) is 27.7 Å². The van der Waals surface area contributed by atoms with Gasteiger partial charge in [0.05, 0.1) is 33.0 Å². The SMILES string of the molecule is COc1ccc(OCCSSCCC(C)(C)OCOCCSSCCC(C)(C)Oc2ccc(OC)cc2)cc1. The molecule has 0 N–H and O–H groups in total. The summed E-state index contributed by atoms with van der Waals surface area (Å²) in [6.45, 7) is 10.2. The lowest BCUT2D eigenvalue weighted by atomic mass is 10.1. The summed E-state index contributed by atoms with van der Waals surface area (Å²) >= 11 is 0. The van der Waals surface area contributed by atoms with Gasteiger partial charge in [-0.25, -0.2) is 0 Å². The van der Waals surface area contributed by atoms with Gasteiger partial charge < -0.3 is 28.4 Å². The van der Waals surface area contributed by atoms with Crippen molar-refractivity contribution in [1.82, 2.24) is 0 Å². The van der Waals surface area contributed by atoms with Gasteiger partial charge >= 0.3 is 0 Å². The third kappa shape index (κ3) is 16.1. The highest BCUT2D eigenvalue weighted by Crippen LogP contribution is 2.29. The maximum atomic E-state index is 6.14. The summed E-state index contributed by atoms with van der Waals surface area (Å²) in [5.41, 5.74) is -0.426. The summed E-state index contributed by atoms with van der Waals surface area (Å²) in [5, 5.41) is 0. The van der Waals surface area contributed by atoms with Crippen LogP contribution >= 0.6 is 43.2 Å². The molecule has 2 aromatic carbocycles. The Hall–Kier alpha value is -1.04. The molecule has 0 unspecified atom stereocenters. The molecule has 2 aromatic rings. The second-order valence-electron chi connectivity index (χ2n) is 9.78. The molecule has 0 amide bonds. The average Bonchev–Trinajstić information content (AvgIpc) is 2.92. The minimum absolute atomic E-state index is 0.204. The van der Waals surface area contributed by atoms with Crippen molar-refractivity contribution in [2.75, 3.05) is 57.2 Å². The molecule has 2 rings (SSSR count). The molecule has 10 heteroatoms. The molecule has 0 heterocycles. The summed E-state index contributed by atoms with van der Waals surface area (Å²) in [6, 6.07) is 15.4. The van der Waals surface area contributed by atoms with Crippen molar-refractivity contribution in [2.24, 2.45) is 0 Å². The van der Waals surface area contributed by atoms with E-state index < -0.39 is 0 Å². The zero-order chi connectivity index (χ0) is 28.4. The number of benzene rings is 2. The lowest BCUT2D eigenvalue weighted by Crippen LogP contribution is -2.28. The first-order valence-corrected chi connectivity index (χ1v) is 18.0. The number of hydrogen-bond acceptors (Lipinski definition) is 10. The summed E-state index contributed by atoms with van der Waals surface area (Å²) in [7, 11) is 10.7. The maximum absolute atomic E-state index is 6.14.